The van der Waals surface area contributed by atoms with Crippen LogP contribution in [0.5, 0.6) is 0 Å². The monoisotopic (exact) mass is 558 g/mol. The number of aromatic nitrogens is 1. The van der Waals surface area contributed by atoms with Crippen LogP contribution in [0.2, 0.25) is 0 Å². The fourth-order valence-corrected chi connectivity index (χ4v) is 4.74. The van der Waals surface area contributed by atoms with Gasteiger partial charge in [-0.2, -0.15) is 0 Å². The van der Waals surface area contributed by atoms with Crippen molar-refractivity contribution >= 4 is 46.1 Å². The first kappa shape index (κ1) is 31.2. The van der Waals surface area contributed by atoms with Gasteiger partial charge in [0.2, 0.25) is 0 Å². The number of aryl methyl sites for hydroxylation is 1. The molecule has 4 rings (SSSR count). The summed E-state index contributed by atoms with van der Waals surface area (Å²) in [7, 11) is 0. The first-order valence-corrected chi connectivity index (χ1v) is 13.2. The van der Waals surface area contributed by atoms with Crippen LogP contribution in [0.25, 0.3) is 10.9 Å². The average molecular weight is 559 g/mol. The van der Waals surface area contributed by atoms with E-state index in [0.29, 0.717) is 25.1 Å². The molecule has 39 heavy (non-hydrogen) atoms. The van der Waals surface area contributed by atoms with Crippen LogP contribution in [0, 0.1) is 0 Å². The second-order valence-electron chi connectivity index (χ2n) is 8.75. The predicted octanol–water partition coefficient (Wildman–Crippen LogP) is 2.71. The predicted molar refractivity (Wildman–Crippen MR) is 149 cm³/mol. The molecule has 1 fully saturated rings. The number of fused-ring (bicyclic) bond motifs is 1. The lowest BCUT2D eigenvalue weighted by molar-refractivity contribution is -0.134. The highest BCUT2D eigenvalue weighted by molar-refractivity contribution is 7.09. The van der Waals surface area contributed by atoms with Gasteiger partial charge < -0.3 is 31.3 Å². The third-order valence-corrected chi connectivity index (χ3v) is 6.78. The Balaban J connectivity index is 0.000000519. The number of benzene rings is 1. The van der Waals surface area contributed by atoms with Gasteiger partial charge in [-0.1, -0.05) is 19.1 Å². The Hall–Kier alpha value is -4.00. The number of carboxylic acids is 2. The Morgan fingerprint density at radius 1 is 1.10 bits per heavy atom. The van der Waals surface area contributed by atoms with Crippen LogP contribution in [-0.4, -0.2) is 68.6 Å². The molecule has 12 heteroatoms. The molecule has 1 aliphatic rings. The van der Waals surface area contributed by atoms with Gasteiger partial charge in [-0.25, -0.2) is 14.4 Å². The fraction of sp³-hybridized carbons (Fsp3) is 0.333. The number of nitrogens with zero attached hydrogens (tertiary/aromatic N) is 1. The number of amides is 3. The normalized spacial score (nSPS) is 14.7. The second-order valence-corrected chi connectivity index (χ2v) is 9.78. The number of nitrogens with one attached hydrogen (secondary N) is 3. The minimum absolute atomic E-state index is 0. The SMILES string of the molecule is CCCNCCc1c[nH]c2ccc(CCC3NC(=O)N(Cc4cccs4)C3=O)cc12.O.O=C(O)C=CC(=O)O. The molecule has 7 N–H and O–H groups in total. The third-order valence-electron chi connectivity index (χ3n) is 5.92. The summed E-state index contributed by atoms with van der Waals surface area (Å²) < 4.78 is 0. The number of carboxylic acid groups (broad SMARTS) is 2. The number of aromatic amines is 1. The van der Waals surface area contributed by atoms with E-state index in [1.54, 1.807) is 11.3 Å². The molecular weight excluding hydrogens is 524 g/mol. The topological polar surface area (TPSA) is 183 Å². The van der Waals surface area contributed by atoms with Gasteiger partial charge in [0.1, 0.15) is 6.04 Å². The molecule has 1 aromatic carbocycles. The maximum absolute atomic E-state index is 12.7. The van der Waals surface area contributed by atoms with E-state index in [0.717, 1.165) is 42.7 Å². The van der Waals surface area contributed by atoms with Crippen molar-refractivity contribution in [1.82, 2.24) is 20.5 Å². The molecule has 0 saturated carbocycles. The Morgan fingerprint density at radius 3 is 2.49 bits per heavy atom. The van der Waals surface area contributed by atoms with Gasteiger partial charge in [-0.15, -0.1) is 11.3 Å². The van der Waals surface area contributed by atoms with E-state index in [9.17, 15) is 19.2 Å². The smallest absolute Gasteiger partial charge is 0.328 e. The van der Waals surface area contributed by atoms with Crippen molar-refractivity contribution in [2.24, 2.45) is 0 Å². The Kier molecular flexibility index (Phi) is 12.3. The molecule has 1 aliphatic heterocycles. The van der Waals surface area contributed by atoms with Crippen molar-refractivity contribution in [2.75, 3.05) is 13.1 Å². The standard InChI is InChI=1S/C23H28N4O2S.C4H4O4.H2O/c1-2-10-24-11-9-17-14-25-20-7-5-16(13-19(17)20)6-8-21-22(28)27(23(29)26-21)15-18-4-3-12-30-18;5-3(6)1-2-4(7)8;/h3-5,7,12-14,21,24-25H,2,6,8-11,15H2,1H3,(H,26,29);1-2H,(H,5,6)(H,7,8);1H2. The molecule has 1 saturated heterocycles. The number of hydrogen-bond donors (Lipinski definition) is 5. The van der Waals surface area contributed by atoms with Crippen molar-refractivity contribution in [3.8, 4) is 0 Å². The van der Waals surface area contributed by atoms with Gasteiger partial charge in [0, 0.05) is 34.1 Å². The van der Waals surface area contributed by atoms with Gasteiger partial charge in [0.25, 0.3) is 5.91 Å². The number of imide groups is 1. The molecule has 11 nitrogen and oxygen atoms in total. The lowest BCUT2D eigenvalue weighted by Gasteiger charge is -2.12. The third kappa shape index (κ3) is 9.36. The van der Waals surface area contributed by atoms with Crippen LogP contribution in [-0.2, 0) is 33.8 Å². The molecule has 1 unspecified atom stereocenters. The molecule has 2 aromatic heterocycles. The molecule has 3 heterocycles. The summed E-state index contributed by atoms with van der Waals surface area (Å²) in [6, 6.07) is 9.56. The number of hydrogen-bond acceptors (Lipinski definition) is 6. The zero-order valence-electron chi connectivity index (χ0n) is 21.6. The maximum atomic E-state index is 12.7. The summed E-state index contributed by atoms with van der Waals surface area (Å²) in [5, 5.41) is 25.1. The second kappa shape index (κ2) is 15.4. The van der Waals surface area contributed by atoms with Crippen LogP contribution in [0.3, 0.4) is 0 Å². The van der Waals surface area contributed by atoms with E-state index >= 15 is 0 Å². The van der Waals surface area contributed by atoms with E-state index in [1.807, 2.05) is 17.5 Å². The van der Waals surface area contributed by atoms with Gasteiger partial charge in [0.05, 0.1) is 6.54 Å². The van der Waals surface area contributed by atoms with Crippen LogP contribution in [0.1, 0.15) is 35.8 Å². The van der Waals surface area contributed by atoms with Crippen molar-refractivity contribution in [2.45, 2.75) is 45.2 Å². The molecule has 0 aliphatic carbocycles. The Morgan fingerprint density at radius 2 is 1.85 bits per heavy atom. The lowest BCUT2D eigenvalue weighted by atomic mass is 10.0. The summed E-state index contributed by atoms with van der Waals surface area (Å²) in [6.45, 7) is 4.53. The minimum atomic E-state index is -1.26. The van der Waals surface area contributed by atoms with Crippen molar-refractivity contribution in [1.29, 1.82) is 0 Å². The molecule has 3 aromatic rings. The molecule has 1 atom stereocenters. The summed E-state index contributed by atoms with van der Waals surface area (Å²) in [6.07, 6.45) is 6.68. The van der Waals surface area contributed by atoms with Gasteiger partial charge >= 0.3 is 18.0 Å². The molecule has 0 spiro atoms. The van der Waals surface area contributed by atoms with E-state index in [4.69, 9.17) is 10.2 Å². The zero-order valence-corrected chi connectivity index (χ0v) is 22.4. The molecular formula is C27H34N4O7S. The van der Waals surface area contributed by atoms with E-state index in [-0.39, 0.29) is 17.4 Å². The number of carbonyl (C=O) groups excluding carboxylic acids is 2. The van der Waals surface area contributed by atoms with Crippen LogP contribution in [0.4, 0.5) is 4.79 Å². The number of rotatable bonds is 12. The van der Waals surface area contributed by atoms with E-state index < -0.39 is 18.0 Å². The summed E-state index contributed by atoms with van der Waals surface area (Å²) in [5.74, 6) is -2.64. The van der Waals surface area contributed by atoms with Gasteiger partial charge in [0.15, 0.2) is 0 Å². The van der Waals surface area contributed by atoms with E-state index in [2.05, 4.69) is 46.9 Å². The molecule has 0 radical (unpaired) electrons. The number of carbonyl (C=O) groups is 4. The number of urea groups is 1. The number of H-pyrrole nitrogens is 1. The molecule has 3 amide bonds. The Labute approximate surface area is 229 Å². The van der Waals surface area contributed by atoms with Crippen molar-refractivity contribution in [3.05, 3.63) is 70.1 Å². The highest BCUT2D eigenvalue weighted by Crippen LogP contribution is 2.23. The van der Waals surface area contributed by atoms with Crippen LogP contribution in [0.15, 0.2) is 54.1 Å². The first-order valence-electron chi connectivity index (χ1n) is 12.4. The van der Waals surface area contributed by atoms with Crippen molar-refractivity contribution in [3.63, 3.8) is 0 Å². The summed E-state index contributed by atoms with van der Waals surface area (Å²) in [5.41, 5.74) is 3.63. The summed E-state index contributed by atoms with van der Waals surface area (Å²) in [4.78, 5) is 49.7. The highest BCUT2D eigenvalue weighted by Gasteiger charge is 2.37. The number of thiophene rings is 1. The largest absolute Gasteiger partial charge is 0.478 e. The maximum Gasteiger partial charge on any atom is 0.328 e. The van der Waals surface area contributed by atoms with Crippen molar-refractivity contribution < 1.29 is 34.9 Å². The quantitative estimate of drug-likeness (QED) is 0.129. The number of aliphatic carboxylic acids is 2. The molecule has 0 bridgehead atoms. The van der Waals surface area contributed by atoms with Gasteiger partial charge in [-0.05, 0) is 73.5 Å². The van der Waals surface area contributed by atoms with Crippen LogP contribution >= 0.6 is 11.3 Å². The average Bonchev–Trinajstić information content (AvgIpc) is 3.61. The van der Waals surface area contributed by atoms with Gasteiger partial charge in [-0.3, -0.25) is 9.69 Å². The minimum Gasteiger partial charge on any atom is -0.478 e. The van der Waals surface area contributed by atoms with Crippen LogP contribution < -0.4 is 10.6 Å². The Bertz CT molecular complexity index is 1270. The van der Waals surface area contributed by atoms with E-state index in [1.165, 1.54) is 21.4 Å². The lowest BCUT2D eigenvalue weighted by Crippen LogP contribution is -2.30. The first-order chi connectivity index (χ1) is 18.3. The summed E-state index contributed by atoms with van der Waals surface area (Å²) >= 11 is 1.56. The highest BCUT2D eigenvalue weighted by atomic mass is 32.1. The molecule has 210 valence electrons. The fourth-order valence-electron chi connectivity index (χ4n) is 4.05. The zero-order chi connectivity index (χ0) is 27.5.